The van der Waals surface area contributed by atoms with Gasteiger partial charge in [0, 0.05) is 13.0 Å². The van der Waals surface area contributed by atoms with Crippen LogP contribution in [-0.4, -0.2) is 25.0 Å². The van der Waals surface area contributed by atoms with Crippen LogP contribution in [0.2, 0.25) is 0 Å². The van der Waals surface area contributed by atoms with E-state index in [1.807, 2.05) is 0 Å². The molecule has 1 aliphatic heterocycles. The fraction of sp³-hybridized carbons (Fsp3) is 0.667. The molecule has 0 aromatic heterocycles. The van der Waals surface area contributed by atoms with Gasteiger partial charge in [-0.25, -0.2) is 4.39 Å². The van der Waals surface area contributed by atoms with Gasteiger partial charge in [-0.15, -0.1) is 0 Å². The number of nitrogens with one attached hydrogen (secondary N) is 2. The molecule has 0 saturated carbocycles. The van der Waals surface area contributed by atoms with E-state index >= 15 is 0 Å². The fourth-order valence-electron chi connectivity index (χ4n) is 1.42. The van der Waals surface area contributed by atoms with Crippen molar-refractivity contribution in [3.05, 3.63) is 11.9 Å². The first kappa shape index (κ1) is 12.0. The van der Waals surface area contributed by atoms with Crippen LogP contribution in [0.3, 0.4) is 0 Å². The molecule has 0 aromatic carbocycles. The molecule has 1 atom stereocenters. The highest BCUT2D eigenvalue weighted by Gasteiger charge is 2.21. The van der Waals surface area contributed by atoms with Crippen molar-refractivity contribution in [2.24, 2.45) is 0 Å². The van der Waals surface area contributed by atoms with Crippen LogP contribution in [0.1, 0.15) is 19.3 Å². The molecule has 0 aliphatic carbocycles. The third-order valence-corrected chi connectivity index (χ3v) is 2.23. The van der Waals surface area contributed by atoms with E-state index in [4.69, 9.17) is 0 Å². The molecule has 1 aliphatic rings. The maximum absolute atomic E-state index is 12.3. The topological polar surface area (TPSA) is 41.1 Å². The third-order valence-electron chi connectivity index (χ3n) is 2.23. The number of carbonyl (C=O) groups excluding carboxylic acids is 1. The Hall–Kier alpha value is -1.04. The van der Waals surface area contributed by atoms with Gasteiger partial charge in [0.05, 0.1) is 6.04 Å². The molecule has 3 nitrogen and oxygen atoms in total. The van der Waals surface area contributed by atoms with Crippen molar-refractivity contribution in [2.75, 3.05) is 13.1 Å². The van der Waals surface area contributed by atoms with Crippen LogP contribution in [0.5, 0.6) is 0 Å². The normalized spacial score (nSPS) is 20.1. The molecule has 1 amide bonds. The number of halogens is 3. The van der Waals surface area contributed by atoms with Crippen molar-refractivity contribution in [1.29, 1.82) is 0 Å². The Kier molecular flexibility index (Phi) is 4.61. The summed E-state index contributed by atoms with van der Waals surface area (Å²) in [7, 11) is 0. The lowest BCUT2D eigenvalue weighted by Gasteiger charge is -2.10. The zero-order valence-electron chi connectivity index (χ0n) is 8.16. The second-order valence-electron chi connectivity index (χ2n) is 3.36. The lowest BCUT2D eigenvalue weighted by Crippen LogP contribution is -2.40. The third kappa shape index (κ3) is 3.91. The molecule has 0 radical (unpaired) electrons. The molecule has 1 heterocycles. The van der Waals surface area contributed by atoms with Crippen molar-refractivity contribution in [1.82, 2.24) is 10.6 Å². The van der Waals surface area contributed by atoms with Crippen molar-refractivity contribution in [3.63, 3.8) is 0 Å². The first-order valence-corrected chi connectivity index (χ1v) is 4.82. The number of rotatable bonds is 4. The minimum atomic E-state index is -2.32. The first-order chi connectivity index (χ1) is 7.11. The summed E-state index contributed by atoms with van der Waals surface area (Å²) in [5.74, 6) is -1.71. The summed E-state index contributed by atoms with van der Waals surface area (Å²) in [5.41, 5.74) is 0. The summed E-state index contributed by atoms with van der Waals surface area (Å²) in [6.07, 6.45) is -1.11. The Morgan fingerprint density at radius 2 is 2.13 bits per heavy atom. The van der Waals surface area contributed by atoms with Crippen molar-refractivity contribution in [3.8, 4) is 0 Å². The lowest BCUT2D eigenvalue weighted by atomic mass is 10.2. The maximum Gasteiger partial charge on any atom is 0.301 e. The molecule has 1 unspecified atom stereocenters. The Labute approximate surface area is 85.7 Å². The van der Waals surface area contributed by atoms with Crippen LogP contribution in [0.15, 0.2) is 11.9 Å². The zero-order valence-corrected chi connectivity index (χ0v) is 8.16. The van der Waals surface area contributed by atoms with Gasteiger partial charge in [-0.3, -0.25) is 4.79 Å². The molecule has 0 bridgehead atoms. The molecular weight excluding hydrogens is 209 g/mol. The van der Waals surface area contributed by atoms with E-state index in [0.29, 0.717) is 0 Å². The van der Waals surface area contributed by atoms with Gasteiger partial charge in [0.1, 0.15) is 0 Å². The molecule has 0 aromatic rings. The SMILES string of the molecule is O=C(NCCC(F)=C(F)F)C1CCCN1. The smallest absolute Gasteiger partial charge is 0.301 e. The van der Waals surface area contributed by atoms with Crippen molar-refractivity contribution < 1.29 is 18.0 Å². The van der Waals surface area contributed by atoms with E-state index in [2.05, 4.69) is 10.6 Å². The van der Waals surface area contributed by atoms with Crippen LogP contribution < -0.4 is 10.6 Å². The molecule has 1 saturated heterocycles. The highest BCUT2D eigenvalue weighted by Crippen LogP contribution is 2.12. The highest BCUT2D eigenvalue weighted by atomic mass is 19.3. The summed E-state index contributed by atoms with van der Waals surface area (Å²) < 4.78 is 35.6. The molecular formula is C9H13F3N2O. The van der Waals surface area contributed by atoms with Gasteiger partial charge < -0.3 is 10.6 Å². The first-order valence-electron chi connectivity index (χ1n) is 4.82. The molecule has 1 rings (SSSR count). The number of carbonyl (C=O) groups is 1. The van der Waals surface area contributed by atoms with Crippen LogP contribution >= 0.6 is 0 Å². The van der Waals surface area contributed by atoms with Crippen LogP contribution in [0.4, 0.5) is 13.2 Å². The van der Waals surface area contributed by atoms with Crippen molar-refractivity contribution in [2.45, 2.75) is 25.3 Å². The summed E-state index contributed by atoms with van der Waals surface area (Å²) >= 11 is 0. The van der Waals surface area contributed by atoms with Gasteiger partial charge in [-0.05, 0) is 19.4 Å². The van der Waals surface area contributed by atoms with E-state index in [0.717, 1.165) is 19.4 Å². The number of amides is 1. The van der Waals surface area contributed by atoms with Crippen molar-refractivity contribution >= 4 is 5.91 Å². The highest BCUT2D eigenvalue weighted by molar-refractivity contribution is 5.81. The van der Waals surface area contributed by atoms with E-state index in [-0.39, 0.29) is 18.5 Å². The predicted molar refractivity (Wildman–Crippen MR) is 49.0 cm³/mol. The average Bonchev–Trinajstić information content (AvgIpc) is 2.70. The summed E-state index contributed by atoms with van der Waals surface area (Å²) in [5, 5.41) is 5.35. The van der Waals surface area contributed by atoms with E-state index < -0.39 is 18.3 Å². The van der Waals surface area contributed by atoms with E-state index in [9.17, 15) is 18.0 Å². The molecule has 0 spiro atoms. The molecule has 6 heteroatoms. The van der Waals surface area contributed by atoms with Crippen LogP contribution in [0, 0.1) is 0 Å². The Bertz CT molecular complexity index is 258. The summed E-state index contributed by atoms with van der Waals surface area (Å²) in [4.78, 5) is 11.3. The minimum Gasteiger partial charge on any atom is -0.354 e. The Morgan fingerprint density at radius 3 is 2.67 bits per heavy atom. The average molecular weight is 222 g/mol. The van der Waals surface area contributed by atoms with Gasteiger partial charge in [0.25, 0.3) is 0 Å². The Morgan fingerprint density at radius 1 is 1.40 bits per heavy atom. The lowest BCUT2D eigenvalue weighted by molar-refractivity contribution is -0.122. The molecule has 86 valence electrons. The fourth-order valence-corrected chi connectivity index (χ4v) is 1.42. The van der Waals surface area contributed by atoms with Gasteiger partial charge in [0.2, 0.25) is 5.91 Å². The van der Waals surface area contributed by atoms with Gasteiger partial charge in [-0.2, -0.15) is 8.78 Å². The molecule has 1 fully saturated rings. The van der Waals surface area contributed by atoms with Gasteiger partial charge in [0.15, 0.2) is 5.83 Å². The van der Waals surface area contributed by atoms with E-state index in [1.54, 1.807) is 0 Å². The number of hydrogen-bond acceptors (Lipinski definition) is 2. The van der Waals surface area contributed by atoms with Crippen LogP contribution in [-0.2, 0) is 4.79 Å². The van der Waals surface area contributed by atoms with Crippen LogP contribution in [0.25, 0.3) is 0 Å². The molecule has 15 heavy (non-hydrogen) atoms. The van der Waals surface area contributed by atoms with E-state index in [1.165, 1.54) is 0 Å². The second-order valence-corrected chi connectivity index (χ2v) is 3.36. The maximum atomic E-state index is 12.3. The second kappa shape index (κ2) is 5.75. The Balaban J connectivity index is 2.20. The summed E-state index contributed by atoms with van der Waals surface area (Å²) in [6.45, 7) is 0.686. The predicted octanol–water partition coefficient (Wildman–Crippen LogP) is 1.32. The quantitative estimate of drug-likeness (QED) is 0.753. The zero-order chi connectivity index (χ0) is 11.3. The largest absolute Gasteiger partial charge is 0.354 e. The minimum absolute atomic E-state index is 0.0970. The van der Waals surface area contributed by atoms with Gasteiger partial charge >= 0.3 is 6.08 Å². The van der Waals surface area contributed by atoms with Gasteiger partial charge in [-0.1, -0.05) is 0 Å². The molecule has 2 N–H and O–H groups in total. The standard InChI is InChI=1S/C9H13F3N2O/c10-6(8(11)12)3-5-14-9(15)7-2-1-4-13-7/h7,13H,1-5H2,(H,14,15). The monoisotopic (exact) mass is 222 g/mol. The summed E-state index contributed by atoms with van der Waals surface area (Å²) in [6, 6.07) is -0.257. The number of hydrogen-bond donors (Lipinski definition) is 2.